The molecule has 0 saturated carbocycles. The van der Waals surface area contributed by atoms with E-state index in [1.54, 1.807) is 6.07 Å². The first-order valence-corrected chi connectivity index (χ1v) is 10.7. The minimum Gasteiger partial charge on any atom is -0.478 e. The van der Waals surface area contributed by atoms with Gasteiger partial charge >= 0.3 is 5.97 Å². The number of carbonyl (C=O) groups is 2. The molecule has 0 aromatic heterocycles. The number of anilines is 2. The van der Waals surface area contributed by atoms with Crippen molar-refractivity contribution in [3.8, 4) is 0 Å². The van der Waals surface area contributed by atoms with Gasteiger partial charge in [0, 0.05) is 10.0 Å². The Morgan fingerprint density at radius 2 is 1.70 bits per heavy atom. The Balaban J connectivity index is 1.91. The van der Waals surface area contributed by atoms with Crippen molar-refractivity contribution in [1.82, 2.24) is 0 Å². The van der Waals surface area contributed by atoms with Crippen LogP contribution in [0.1, 0.15) is 20.7 Å². The summed E-state index contributed by atoms with van der Waals surface area (Å²) < 4.78 is 41.3. The molecule has 0 aliphatic carbocycles. The average molecular weight is 493 g/mol. The Bertz CT molecular complexity index is 1250. The van der Waals surface area contributed by atoms with Crippen molar-refractivity contribution < 1.29 is 27.5 Å². The lowest BCUT2D eigenvalue weighted by atomic mass is 10.1. The molecule has 3 aromatic carbocycles. The molecule has 1 amide bonds. The molecule has 0 heterocycles. The fourth-order valence-corrected chi connectivity index (χ4v) is 4.63. The number of aromatic carboxylic acids is 1. The molecule has 0 aliphatic heterocycles. The first-order valence-electron chi connectivity index (χ1n) is 8.39. The van der Waals surface area contributed by atoms with Crippen LogP contribution in [0.4, 0.5) is 15.8 Å². The lowest BCUT2D eigenvalue weighted by Crippen LogP contribution is -2.17. The summed E-state index contributed by atoms with van der Waals surface area (Å²) in [7, 11) is -4.15. The van der Waals surface area contributed by atoms with Crippen molar-refractivity contribution in [2.75, 3.05) is 10.0 Å². The molecule has 0 fully saturated rings. The van der Waals surface area contributed by atoms with Crippen LogP contribution in [0, 0.1) is 5.82 Å². The molecule has 0 aliphatic rings. The maximum atomic E-state index is 13.4. The molecule has 0 saturated heterocycles. The topological polar surface area (TPSA) is 113 Å². The third kappa shape index (κ3) is 4.84. The summed E-state index contributed by atoms with van der Waals surface area (Å²) in [6, 6.07) is 14.6. The molecule has 154 valence electrons. The van der Waals surface area contributed by atoms with Crippen LogP contribution in [-0.2, 0) is 10.0 Å². The molecule has 0 atom stereocenters. The van der Waals surface area contributed by atoms with E-state index in [9.17, 15) is 27.5 Å². The van der Waals surface area contributed by atoms with Gasteiger partial charge in [-0.25, -0.2) is 17.6 Å². The molecule has 3 rings (SSSR count). The van der Waals surface area contributed by atoms with Crippen molar-refractivity contribution in [2.24, 2.45) is 0 Å². The van der Waals surface area contributed by atoms with Gasteiger partial charge in [-0.3, -0.25) is 9.52 Å². The van der Waals surface area contributed by atoms with E-state index in [2.05, 4.69) is 26.0 Å². The highest BCUT2D eigenvalue weighted by Crippen LogP contribution is 2.26. The van der Waals surface area contributed by atoms with Gasteiger partial charge in [0.05, 0.1) is 16.9 Å². The fourth-order valence-electron chi connectivity index (χ4n) is 2.59. The normalized spacial score (nSPS) is 11.0. The van der Waals surface area contributed by atoms with Gasteiger partial charge in [0.15, 0.2) is 0 Å². The minimum absolute atomic E-state index is 0.0157. The first kappa shape index (κ1) is 21.5. The predicted molar refractivity (Wildman–Crippen MR) is 113 cm³/mol. The van der Waals surface area contributed by atoms with E-state index in [-0.39, 0.29) is 31.9 Å². The second kappa shape index (κ2) is 8.64. The van der Waals surface area contributed by atoms with Gasteiger partial charge < -0.3 is 10.4 Å². The van der Waals surface area contributed by atoms with E-state index in [1.807, 2.05) is 0 Å². The van der Waals surface area contributed by atoms with E-state index < -0.39 is 27.7 Å². The molecule has 0 spiro atoms. The summed E-state index contributed by atoms with van der Waals surface area (Å²) in [5, 5.41) is 11.7. The Morgan fingerprint density at radius 3 is 2.40 bits per heavy atom. The van der Waals surface area contributed by atoms with Gasteiger partial charge in [0.1, 0.15) is 10.7 Å². The molecule has 10 heteroatoms. The van der Waals surface area contributed by atoms with E-state index >= 15 is 0 Å². The Kier molecular flexibility index (Phi) is 6.18. The van der Waals surface area contributed by atoms with Gasteiger partial charge in [0.2, 0.25) is 0 Å². The van der Waals surface area contributed by atoms with Gasteiger partial charge in [-0.2, -0.15) is 0 Å². The molecule has 3 N–H and O–H groups in total. The highest BCUT2D eigenvalue weighted by Gasteiger charge is 2.21. The van der Waals surface area contributed by atoms with Crippen molar-refractivity contribution >= 4 is 49.2 Å². The maximum Gasteiger partial charge on any atom is 0.337 e. The predicted octanol–water partition coefficient (Wildman–Crippen LogP) is 4.34. The number of para-hydroxylation sites is 1. The van der Waals surface area contributed by atoms with Crippen LogP contribution in [0.5, 0.6) is 0 Å². The summed E-state index contributed by atoms with van der Waals surface area (Å²) in [5.41, 5.74) is -0.0334. The third-order valence-electron chi connectivity index (χ3n) is 3.97. The quantitative estimate of drug-likeness (QED) is 0.473. The number of hydrogen-bond acceptors (Lipinski definition) is 4. The van der Waals surface area contributed by atoms with E-state index in [0.717, 1.165) is 12.1 Å². The Hall–Kier alpha value is -3.24. The number of rotatable bonds is 6. The number of nitrogens with one attached hydrogen (secondary N) is 2. The zero-order chi connectivity index (χ0) is 21.9. The number of amides is 1. The lowest BCUT2D eigenvalue weighted by Gasteiger charge is -2.12. The number of carboxylic acid groups (broad SMARTS) is 1. The highest BCUT2D eigenvalue weighted by atomic mass is 79.9. The van der Waals surface area contributed by atoms with Crippen LogP contribution in [0.2, 0.25) is 0 Å². The first-order chi connectivity index (χ1) is 14.2. The van der Waals surface area contributed by atoms with Crippen LogP contribution in [-0.4, -0.2) is 25.4 Å². The molecule has 0 unspecified atom stereocenters. The molecule has 30 heavy (non-hydrogen) atoms. The van der Waals surface area contributed by atoms with Crippen molar-refractivity contribution in [3.05, 3.63) is 88.1 Å². The van der Waals surface area contributed by atoms with Crippen LogP contribution >= 0.6 is 15.9 Å². The second-order valence-electron chi connectivity index (χ2n) is 6.07. The number of benzene rings is 3. The van der Waals surface area contributed by atoms with E-state index in [0.29, 0.717) is 0 Å². The van der Waals surface area contributed by atoms with Crippen LogP contribution in [0.15, 0.2) is 76.1 Å². The summed E-state index contributed by atoms with van der Waals surface area (Å²) in [4.78, 5) is 23.6. The number of carboxylic acids is 1. The summed E-state index contributed by atoms with van der Waals surface area (Å²) in [6.07, 6.45) is 0. The summed E-state index contributed by atoms with van der Waals surface area (Å²) in [6.45, 7) is 0. The Morgan fingerprint density at radius 1 is 0.967 bits per heavy atom. The second-order valence-corrected chi connectivity index (χ2v) is 8.57. The number of sulfonamides is 1. The lowest BCUT2D eigenvalue weighted by molar-refractivity contribution is 0.0698. The molecular weight excluding hydrogens is 479 g/mol. The average Bonchev–Trinajstić information content (AvgIpc) is 2.68. The zero-order valence-electron chi connectivity index (χ0n) is 15.1. The third-order valence-corrected chi connectivity index (χ3v) is 6.34. The standard InChI is InChI=1S/C20H14BrFN2O5S/c21-16-9-8-12(19(25)23-17-7-2-1-6-15(17)20(26)27)10-18(16)30(28,29)24-14-5-3-4-13(22)11-14/h1-11,24H,(H,23,25)(H,26,27). The van der Waals surface area contributed by atoms with Gasteiger partial charge in [-0.05, 0) is 64.5 Å². The number of carbonyl (C=O) groups excluding carboxylic acids is 1. The highest BCUT2D eigenvalue weighted by molar-refractivity contribution is 9.10. The number of halogens is 2. The van der Waals surface area contributed by atoms with Gasteiger partial charge in [-0.15, -0.1) is 0 Å². The van der Waals surface area contributed by atoms with E-state index in [4.69, 9.17) is 0 Å². The zero-order valence-corrected chi connectivity index (χ0v) is 17.5. The SMILES string of the molecule is O=C(Nc1ccccc1C(=O)O)c1ccc(Br)c(S(=O)(=O)Nc2cccc(F)c2)c1. The number of hydrogen-bond donors (Lipinski definition) is 3. The van der Waals surface area contributed by atoms with E-state index in [1.165, 1.54) is 48.5 Å². The van der Waals surface area contributed by atoms with Crippen LogP contribution in [0.3, 0.4) is 0 Å². The minimum atomic E-state index is -4.15. The van der Waals surface area contributed by atoms with Crippen LogP contribution < -0.4 is 10.0 Å². The molecular formula is C20H14BrFN2O5S. The van der Waals surface area contributed by atoms with Crippen molar-refractivity contribution in [1.29, 1.82) is 0 Å². The van der Waals surface area contributed by atoms with Crippen LogP contribution in [0.25, 0.3) is 0 Å². The largest absolute Gasteiger partial charge is 0.478 e. The molecule has 7 nitrogen and oxygen atoms in total. The smallest absolute Gasteiger partial charge is 0.337 e. The van der Waals surface area contributed by atoms with Gasteiger partial charge in [-0.1, -0.05) is 18.2 Å². The van der Waals surface area contributed by atoms with Crippen molar-refractivity contribution in [3.63, 3.8) is 0 Å². The monoisotopic (exact) mass is 492 g/mol. The Labute approximate surface area is 179 Å². The summed E-state index contributed by atoms with van der Waals surface area (Å²) >= 11 is 3.14. The molecule has 3 aromatic rings. The molecule has 0 bridgehead atoms. The molecule has 0 radical (unpaired) electrons. The van der Waals surface area contributed by atoms with Gasteiger partial charge in [0.25, 0.3) is 15.9 Å². The maximum absolute atomic E-state index is 13.4. The van der Waals surface area contributed by atoms with Crippen molar-refractivity contribution in [2.45, 2.75) is 4.90 Å². The fraction of sp³-hybridized carbons (Fsp3) is 0. The summed E-state index contributed by atoms with van der Waals surface area (Å²) in [5.74, 6) is -2.53.